The molecule has 0 spiro atoms. The molecule has 1 amide bonds. The Bertz CT molecular complexity index is 1260. The van der Waals surface area contributed by atoms with Gasteiger partial charge in [-0.2, -0.15) is 18.3 Å². The Morgan fingerprint density at radius 2 is 1.68 bits per heavy atom. The normalized spacial score (nSPS) is 14.9. The van der Waals surface area contributed by atoms with Crippen molar-refractivity contribution < 1.29 is 18.0 Å². The molecule has 3 aromatic rings. The number of hydrogen-bond donors (Lipinski definition) is 0. The molecular weight excluding hydrogens is 445 g/mol. The van der Waals surface area contributed by atoms with Crippen LogP contribution in [0.15, 0.2) is 59.4 Å². The summed E-state index contributed by atoms with van der Waals surface area (Å²) in [6.07, 6.45) is -4.51. The Balaban J connectivity index is 1.51. The minimum Gasteiger partial charge on any atom is -0.335 e. The number of hydrogen-bond acceptors (Lipinski definition) is 4. The third-order valence-electron chi connectivity index (χ3n) is 5.88. The van der Waals surface area contributed by atoms with E-state index >= 15 is 0 Å². The van der Waals surface area contributed by atoms with E-state index in [4.69, 9.17) is 0 Å². The standard InChI is InChI=1S/C25H25F3N4O2/c1-17-5-3-6-19(13-17)16-30-9-11-31(12-10-30)24(34)23-22(33)14-18(2)32(29-23)21-8-4-7-20(15-21)25(26,27)28/h3-8,13-15H,9-12,16H2,1-2H3. The van der Waals surface area contributed by atoms with Crippen LogP contribution in [0.3, 0.4) is 0 Å². The van der Waals surface area contributed by atoms with Crippen LogP contribution in [0.2, 0.25) is 0 Å². The fourth-order valence-electron chi connectivity index (χ4n) is 4.10. The van der Waals surface area contributed by atoms with Gasteiger partial charge in [0.2, 0.25) is 5.43 Å². The zero-order chi connectivity index (χ0) is 24.5. The second kappa shape index (κ2) is 9.42. The Labute approximate surface area is 195 Å². The molecule has 0 bridgehead atoms. The van der Waals surface area contributed by atoms with E-state index in [1.165, 1.54) is 34.0 Å². The monoisotopic (exact) mass is 470 g/mol. The van der Waals surface area contributed by atoms with Gasteiger partial charge in [-0.15, -0.1) is 0 Å². The van der Waals surface area contributed by atoms with Gasteiger partial charge in [-0.25, -0.2) is 4.68 Å². The lowest BCUT2D eigenvalue weighted by atomic mass is 10.1. The highest BCUT2D eigenvalue weighted by Crippen LogP contribution is 2.30. The van der Waals surface area contributed by atoms with Crippen LogP contribution in [0.25, 0.3) is 5.69 Å². The summed E-state index contributed by atoms with van der Waals surface area (Å²) in [7, 11) is 0. The maximum Gasteiger partial charge on any atom is 0.416 e. The number of aryl methyl sites for hydroxylation is 2. The first-order chi connectivity index (χ1) is 16.1. The summed E-state index contributed by atoms with van der Waals surface area (Å²) in [4.78, 5) is 29.5. The van der Waals surface area contributed by atoms with Gasteiger partial charge in [0.15, 0.2) is 5.69 Å². The molecule has 34 heavy (non-hydrogen) atoms. The number of carbonyl (C=O) groups excluding carboxylic acids is 1. The number of carbonyl (C=O) groups is 1. The number of piperazine rings is 1. The molecule has 0 unspecified atom stereocenters. The van der Waals surface area contributed by atoms with Gasteiger partial charge in [-0.05, 0) is 37.6 Å². The Morgan fingerprint density at radius 1 is 0.971 bits per heavy atom. The van der Waals surface area contributed by atoms with Crippen LogP contribution in [0.4, 0.5) is 13.2 Å². The molecule has 1 saturated heterocycles. The first-order valence-electron chi connectivity index (χ1n) is 11.0. The van der Waals surface area contributed by atoms with Gasteiger partial charge in [-0.3, -0.25) is 14.5 Å². The van der Waals surface area contributed by atoms with E-state index in [1.54, 1.807) is 11.8 Å². The number of alkyl halides is 3. The Hall–Kier alpha value is -3.46. The van der Waals surface area contributed by atoms with E-state index in [0.29, 0.717) is 31.9 Å². The molecule has 1 fully saturated rings. The molecule has 1 aliphatic rings. The van der Waals surface area contributed by atoms with Gasteiger partial charge in [-0.1, -0.05) is 35.9 Å². The maximum absolute atomic E-state index is 13.1. The first-order valence-corrected chi connectivity index (χ1v) is 11.0. The van der Waals surface area contributed by atoms with Gasteiger partial charge in [0, 0.05) is 44.5 Å². The molecule has 2 heterocycles. The maximum atomic E-state index is 13.1. The molecule has 0 saturated carbocycles. The lowest BCUT2D eigenvalue weighted by molar-refractivity contribution is -0.137. The van der Waals surface area contributed by atoms with Crippen molar-refractivity contribution in [2.75, 3.05) is 26.2 Å². The van der Waals surface area contributed by atoms with Crippen molar-refractivity contribution in [3.8, 4) is 5.69 Å². The summed E-state index contributed by atoms with van der Waals surface area (Å²) in [5, 5.41) is 4.17. The van der Waals surface area contributed by atoms with Crippen molar-refractivity contribution in [3.63, 3.8) is 0 Å². The van der Waals surface area contributed by atoms with Gasteiger partial charge < -0.3 is 4.90 Å². The van der Waals surface area contributed by atoms with Crippen LogP contribution in [0, 0.1) is 13.8 Å². The third-order valence-corrected chi connectivity index (χ3v) is 5.88. The highest BCUT2D eigenvalue weighted by molar-refractivity contribution is 5.92. The number of benzene rings is 2. The predicted molar refractivity (Wildman–Crippen MR) is 122 cm³/mol. The average molecular weight is 470 g/mol. The SMILES string of the molecule is Cc1cccc(CN2CCN(C(=O)c3nn(-c4cccc(C(F)(F)F)c4)c(C)cc3=O)CC2)c1. The first kappa shape index (κ1) is 23.7. The highest BCUT2D eigenvalue weighted by Gasteiger charge is 2.31. The summed E-state index contributed by atoms with van der Waals surface area (Å²) in [5.41, 5.74) is 1.18. The Kier molecular flexibility index (Phi) is 6.56. The largest absolute Gasteiger partial charge is 0.416 e. The van der Waals surface area contributed by atoms with Gasteiger partial charge >= 0.3 is 6.18 Å². The minimum absolute atomic E-state index is 0.129. The molecule has 1 aromatic heterocycles. The number of rotatable bonds is 4. The number of amides is 1. The Morgan fingerprint density at radius 3 is 2.35 bits per heavy atom. The molecule has 1 aliphatic heterocycles. The van der Waals surface area contributed by atoms with Crippen LogP contribution in [-0.2, 0) is 12.7 Å². The lowest BCUT2D eigenvalue weighted by Gasteiger charge is -2.34. The zero-order valence-corrected chi connectivity index (χ0v) is 19.0. The molecule has 9 heteroatoms. The summed E-state index contributed by atoms with van der Waals surface area (Å²) in [5.74, 6) is -0.513. The van der Waals surface area contributed by atoms with Crippen molar-refractivity contribution in [2.45, 2.75) is 26.6 Å². The van der Waals surface area contributed by atoms with E-state index < -0.39 is 23.1 Å². The second-order valence-corrected chi connectivity index (χ2v) is 8.52. The second-order valence-electron chi connectivity index (χ2n) is 8.52. The van der Waals surface area contributed by atoms with Crippen LogP contribution in [0.1, 0.15) is 32.9 Å². The molecule has 178 valence electrons. The van der Waals surface area contributed by atoms with Crippen molar-refractivity contribution in [1.29, 1.82) is 0 Å². The minimum atomic E-state index is -4.51. The summed E-state index contributed by atoms with van der Waals surface area (Å²) in [6.45, 7) is 6.54. The third kappa shape index (κ3) is 5.20. The van der Waals surface area contributed by atoms with Crippen LogP contribution >= 0.6 is 0 Å². The fraction of sp³-hybridized carbons (Fsp3) is 0.320. The molecule has 6 nitrogen and oxygen atoms in total. The van der Waals surface area contributed by atoms with E-state index in [0.717, 1.165) is 18.7 Å². The van der Waals surface area contributed by atoms with Crippen LogP contribution in [-0.4, -0.2) is 51.7 Å². The molecule has 0 radical (unpaired) electrons. The highest BCUT2D eigenvalue weighted by atomic mass is 19.4. The topological polar surface area (TPSA) is 58.4 Å². The van der Waals surface area contributed by atoms with Crippen molar-refractivity contribution in [2.24, 2.45) is 0 Å². The van der Waals surface area contributed by atoms with E-state index in [9.17, 15) is 22.8 Å². The van der Waals surface area contributed by atoms with Crippen molar-refractivity contribution >= 4 is 5.91 Å². The van der Waals surface area contributed by atoms with E-state index in [2.05, 4.69) is 22.1 Å². The average Bonchev–Trinajstić information content (AvgIpc) is 2.79. The summed E-state index contributed by atoms with van der Waals surface area (Å²) < 4.78 is 40.6. The molecule has 0 N–H and O–H groups in total. The van der Waals surface area contributed by atoms with Crippen molar-refractivity contribution in [3.05, 3.63) is 92.9 Å². The van der Waals surface area contributed by atoms with E-state index in [-0.39, 0.29) is 11.4 Å². The summed E-state index contributed by atoms with van der Waals surface area (Å²) >= 11 is 0. The molecule has 0 atom stereocenters. The van der Waals surface area contributed by atoms with Gasteiger partial charge in [0.1, 0.15) is 0 Å². The smallest absolute Gasteiger partial charge is 0.335 e. The zero-order valence-electron chi connectivity index (χ0n) is 19.0. The molecule has 0 aliphatic carbocycles. The predicted octanol–water partition coefficient (Wildman–Crippen LogP) is 3.83. The number of halogens is 3. The fourth-order valence-corrected chi connectivity index (χ4v) is 4.10. The molecular formula is C25H25F3N4O2. The van der Waals surface area contributed by atoms with E-state index in [1.807, 2.05) is 19.1 Å². The lowest BCUT2D eigenvalue weighted by Crippen LogP contribution is -2.49. The van der Waals surface area contributed by atoms with Crippen LogP contribution in [0.5, 0.6) is 0 Å². The van der Waals surface area contributed by atoms with Gasteiger partial charge in [0.25, 0.3) is 5.91 Å². The number of aromatic nitrogens is 2. The van der Waals surface area contributed by atoms with Crippen LogP contribution < -0.4 is 5.43 Å². The quantitative estimate of drug-likeness (QED) is 0.582. The summed E-state index contributed by atoms with van der Waals surface area (Å²) in [6, 6.07) is 14.1. The van der Waals surface area contributed by atoms with Crippen molar-refractivity contribution in [1.82, 2.24) is 19.6 Å². The molecule has 2 aromatic carbocycles. The van der Waals surface area contributed by atoms with Gasteiger partial charge in [0.05, 0.1) is 11.3 Å². The molecule has 4 rings (SSSR count). The number of nitrogens with zero attached hydrogens (tertiary/aromatic N) is 4.